The predicted octanol–water partition coefficient (Wildman–Crippen LogP) is 1.75. The first kappa shape index (κ1) is 15.6. The lowest BCUT2D eigenvalue weighted by Crippen LogP contribution is -2.08. The molecule has 1 unspecified atom stereocenters. The molecule has 0 aromatic heterocycles. The van der Waals surface area contributed by atoms with Gasteiger partial charge in [0.25, 0.3) is 10.1 Å². The van der Waals surface area contributed by atoms with Crippen molar-refractivity contribution in [1.29, 1.82) is 0 Å². The van der Waals surface area contributed by atoms with Gasteiger partial charge in [-0.1, -0.05) is 0 Å². The zero-order valence-corrected chi connectivity index (χ0v) is 12.4. The highest BCUT2D eigenvalue weighted by molar-refractivity contribution is 7.86. The molecule has 0 aliphatic carbocycles. The molecule has 1 aromatic rings. The summed E-state index contributed by atoms with van der Waals surface area (Å²) < 4.78 is 42.8. The van der Waals surface area contributed by atoms with E-state index >= 15 is 0 Å². The highest BCUT2D eigenvalue weighted by atomic mass is 32.2. The van der Waals surface area contributed by atoms with Crippen LogP contribution >= 0.6 is 0 Å². The summed E-state index contributed by atoms with van der Waals surface area (Å²) in [6, 6.07) is 3.30. The molecule has 0 saturated heterocycles. The van der Waals surface area contributed by atoms with Crippen LogP contribution in [0.5, 0.6) is 17.2 Å². The first-order valence-corrected chi connectivity index (χ1v) is 7.32. The molecule has 1 atom stereocenters. The Kier molecular flexibility index (Phi) is 5.02. The SMILES string of the molecule is COc1cc(C(C)OS(C)(=O)=O)cc(OC)c1OC. The van der Waals surface area contributed by atoms with E-state index in [0.29, 0.717) is 22.8 Å². The van der Waals surface area contributed by atoms with Gasteiger partial charge in [-0.25, -0.2) is 0 Å². The van der Waals surface area contributed by atoms with Crippen LogP contribution in [0.2, 0.25) is 0 Å². The lowest BCUT2D eigenvalue weighted by molar-refractivity contribution is 0.234. The van der Waals surface area contributed by atoms with Gasteiger partial charge in [0.2, 0.25) is 5.75 Å². The molecule has 6 nitrogen and oxygen atoms in total. The molecule has 0 bridgehead atoms. The fourth-order valence-corrected chi connectivity index (χ4v) is 2.29. The van der Waals surface area contributed by atoms with E-state index in [0.717, 1.165) is 6.26 Å². The molecule has 0 spiro atoms. The third kappa shape index (κ3) is 4.00. The quantitative estimate of drug-likeness (QED) is 0.743. The molecule has 0 aliphatic heterocycles. The lowest BCUT2D eigenvalue weighted by atomic mass is 10.1. The Bertz CT molecular complexity index is 512. The highest BCUT2D eigenvalue weighted by Crippen LogP contribution is 2.40. The fourth-order valence-electron chi connectivity index (χ4n) is 1.65. The number of hydrogen-bond acceptors (Lipinski definition) is 6. The molecular formula is C12H18O6S. The zero-order chi connectivity index (χ0) is 14.6. The van der Waals surface area contributed by atoms with Gasteiger partial charge in [0, 0.05) is 0 Å². The molecular weight excluding hydrogens is 272 g/mol. The summed E-state index contributed by atoms with van der Waals surface area (Å²) >= 11 is 0. The van der Waals surface area contributed by atoms with Crippen molar-refractivity contribution in [2.24, 2.45) is 0 Å². The molecule has 108 valence electrons. The normalized spacial score (nSPS) is 12.9. The first-order valence-electron chi connectivity index (χ1n) is 5.50. The molecule has 1 aromatic carbocycles. The molecule has 0 radical (unpaired) electrons. The van der Waals surface area contributed by atoms with E-state index in [9.17, 15) is 8.42 Å². The van der Waals surface area contributed by atoms with Crippen LogP contribution in [-0.4, -0.2) is 36.0 Å². The molecule has 0 aliphatic rings. The van der Waals surface area contributed by atoms with Crippen LogP contribution < -0.4 is 14.2 Å². The maximum Gasteiger partial charge on any atom is 0.264 e. The number of hydrogen-bond donors (Lipinski definition) is 0. The second-order valence-electron chi connectivity index (χ2n) is 3.90. The fraction of sp³-hybridized carbons (Fsp3) is 0.500. The third-order valence-electron chi connectivity index (χ3n) is 2.48. The molecule has 0 fully saturated rings. The van der Waals surface area contributed by atoms with Crippen molar-refractivity contribution in [3.63, 3.8) is 0 Å². The van der Waals surface area contributed by atoms with Crippen LogP contribution in [0.15, 0.2) is 12.1 Å². The van der Waals surface area contributed by atoms with Crippen molar-refractivity contribution in [1.82, 2.24) is 0 Å². The summed E-state index contributed by atoms with van der Waals surface area (Å²) in [5.74, 6) is 1.34. The standard InChI is InChI=1S/C12H18O6S/c1-8(18-19(5,13)14)9-6-10(15-2)12(17-4)11(7-9)16-3/h6-8H,1-5H3. The largest absolute Gasteiger partial charge is 0.493 e. The Morgan fingerprint density at radius 1 is 1.00 bits per heavy atom. The summed E-state index contributed by atoms with van der Waals surface area (Å²) in [5, 5.41) is 0. The molecule has 7 heteroatoms. The first-order chi connectivity index (χ1) is 8.82. The van der Waals surface area contributed by atoms with Gasteiger partial charge in [0.15, 0.2) is 11.5 Å². The van der Waals surface area contributed by atoms with Crippen LogP contribution in [0.25, 0.3) is 0 Å². The lowest BCUT2D eigenvalue weighted by Gasteiger charge is -2.17. The van der Waals surface area contributed by atoms with E-state index in [1.165, 1.54) is 21.3 Å². The van der Waals surface area contributed by atoms with Gasteiger partial charge >= 0.3 is 0 Å². The van der Waals surface area contributed by atoms with Gasteiger partial charge in [0.05, 0.1) is 33.7 Å². The number of rotatable bonds is 6. The summed E-state index contributed by atoms with van der Waals surface area (Å²) in [7, 11) is 0.936. The van der Waals surface area contributed by atoms with Crippen LogP contribution in [0.4, 0.5) is 0 Å². The minimum atomic E-state index is -3.54. The van der Waals surface area contributed by atoms with E-state index in [2.05, 4.69) is 0 Å². The average Bonchev–Trinajstić information content (AvgIpc) is 2.34. The Morgan fingerprint density at radius 2 is 1.47 bits per heavy atom. The molecule has 0 amide bonds. The van der Waals surface area contributed by atoms with E-state index in [-0.39, 0.29) is 0 Å². The highest BCUT2D eigenvalue weighted by Gasteiger charge is 2.19. The summed E-state index contributed by atoms with van der Waals surface area (Å²) in [6.07, 6.45) is 0.352. The van der Waals surface area contributed by atoms with Crippen molar-refractivity contribution < 1.29 is 26.8 Å². The molecule has 0 heterocycles. The van der Waals surface area contributed by atoms with Gasteiger partial charge in [-0.3, -0.25) is 4.18 Å². The molecule has 0 N–H and O–H groups in total. The Balaban J connectivity index is 3.22. The second kappa shape index (κ2) is 6.12. The van der Waals surface area contributed by atoms with Gasteiger partial charge < -0.3 is 14.2 Å². The topological polar surface area (TPSA) is 71.1 Å². The molecule has 1 rings (SSSR count). The summed E-state index contributed by atoms with van der Waals surface area (Å²) in [6.45, 7) is 1.63. The van der Waals surface area contributed by atoms with E-state index in [4.69, 9.17) is 18.4 Å². The van der Waals surface area contributed by atoms with Crippen molar-refractivity contribution in [3.8, 4) is 17.2 Å². The Hall–Kier alpha value is -1.47. The van der Waals surface area contributed by atoms with Crippen molar-refractivity contribution in [3.05, 3.63) is 17.7 Å². The average molecular weight is 290 g/mol. The second-order valence-corrected chi connectivity index (χ2v) is 5.50. The van der Waals surface area contributed by atoms with Crippen molar-refractivity contribution in [2.45, 2.75) is 13.0 Å². The van der Waals surface area contributed by atoms with Gasteiger partial charge in [0.1, 0.15) is 0 Å². The van der Waals surface area contributed by atoms with Gasteiger partial charge in [-0.05, 0) is 24.6 Å². The van der Waals surface area contributed by atoms with Crippen LogP contribution in [0.3, 0.4) is 0 Å². The maximum absolute atomic E-state index is 11.1. The zero-order valence-electron chi connectivity index (χ0n) is 11.6. The summed E-state index contributed by atoms with van der Waals surface area (Å²) in [4.78, 5) is 0. The van der Waals surface area contributed by atoms with Crippen molar-refractivity contribution >= 4 is 10.1 Å². The number of methoxy groups -OCH3 is 3. The third-order valence-corrected chi connectivity index (χ3v) is 3.11. The van der Waals surface area contributed by atoms with Gasteiger partial charge in [-0.15, -0.1) is 0 Å². The number of benzene rings is 1. The van der Waals surface area contributed by atoms with E-state index in [1.807, 2.05) is 0 Å². The van der Waals surface area contributed by atoms with Gasteiger partial charge in [-0.2, -0.15) is 8.42 Å². The van der Waals surface area contributed by atoms with Crippen molar-refractivity contribution in [2.75, 3.05) is 27.6 Å². The van der Waals surface area contributed by atoms with Crippen LogP contribution in [-0.2, 0) is 14.3 Å². The van der Waals surface area contributed by atoms with Crippen LogP contribution in [0, 0.1) is 0 Å². The van der Waals surface area contributed by atoms with Crippen LogP contribution in [0.1, 0.15) is 18.6 Å². The Labute approximate surface area is 113 Å². The van der Waals surface area contributed by atoms with E-state index in [1.54, 1.807) is 19.1 Å². The minimum Gasteiger partial charge on any atom is -0.493 e. The number of ether oxygens (including phenoxy) is 3. The van der Waals surface area contributed by atoms with E-state index < -0.39 is 16.2 Å². The predicted molar refractivity (Wildman–Crippen MR) is 70.4 cm³/mol. The molecule has 0 saturated carbocycles. The monoisotopic (exact) mass is 290 g/mol. The molecule has 19 heavy (non-hydrogen) atoms. The summed E-state index contributed by atoms with van der Waals surface area (Å²) in [5.41, 5.74) is 0.611. The minimum absolute atomic E-state index is 0.445. The smallest absolute Gasteiger partial charge is 0.264 e. The maximum atomic E-state index is 11.1. The Morgan fingerprint density at radius 3 is 1.79 bits per heavy atom.